The molecule has 0 aromatic heterocycles. The number of hydrogen-bond donors (Lipinski definition) is 2. The summed E-state index contributed by atoms with van der Waals surface area (Å²) in [6.45, 7) is 7.35. The lowest BCUT2D eigenvalue weighted by Gasteiger charge is -2.17. The van der Waals surface area contributed by atoms with Gasteiger partial charge in [-0.1, -0.05) is 6.92 Å². The fourth-order valence-electron chi connectivity index (χ4n) is 3.01. The Labute approximate surface area is 145 Å². The molecule has 1 saturated heterocycles. The highest BCUT2D eigenvalue weighted by molar-refractivity contribution is 5.79. The number of ether oxygens (including phenoxy) is 2. The number of nitrogens with zero attached hydrogens (tertiary/aromatic N) is 2. The predicted molar refractivity (Wildman–Crippen MR) is 98.0 cm³/mol. The first kappa shape index (κ1) is 18.4. The van der Waals surface area contributed by atoms with Crippen molar-refractivity contribution < 1.29 is 9.47 Å². The molecule has 0 bridgehead atoms. The van der Waals surface area contributed by atoms with E-state index in [9.17, 15) is 0 Å². The second-order valence-corrected chi connectivity index (χ2v) is 6.03. The monoisotopic (exact) mass is 334 g/mol. The van der Waals surface area contributed by atoms with Crippen molar-refractivity contribution in [2.75, 3.05) is 47.4 Å². The molecule has 6 heteroatoms. The molecule has 2 rings (SSSR count). The lowest BCUT2D eigenvalue weighted by molar-refractivity contribution is 0.342. The van der Waals surface area contributed by atoms with Gasteiger partial charge in [0.15, 0.2) is 5.96 Å². The zero-order valence-corrected chi connectivity index (χ0v) is 15.3. The molecule has 134 valence electrons. The van der Waals surface area contributed by atoms with Gasteiger partial charge in [0.05, 0.1) is 14.2 Å². The molecular weight excluding hydrogens is 304 g/mol. The molecule has 0 aliphatic carbocycles. The van der Waals surface area contributed by atoms with Crippen molar-refractivity contribution in [3.63, 3.8) is 0 Å². The average Bonchev–Trinajstić information content (AvgIpc) is 3.09. The van der Waals surface area contributed by atoms with E-state index in [1.54, 1.807) is 21.3 Å². The summed E-state index contributed by atoms with van der Waals surface area (Å²) >= 11 is 0. The summed E-state index contributed by atoms with van der Waals surface area (Å²) in [5.74, 6) is 3.12. The Hall–Kier alpha value is -1.95. The van der Waals surface area contributed by atoms with Crippen LogP contribution in [0, 0.1) is 5.92 Å². The zero-order chi connectivity index (χ0) is 17.4. The highest BCUT2D eigenvalue weighted by atomic mass is 16.5. The van der Waals surface area contributed by atoms with Crippen LogP contribution in [0.5, 0.6) is 11.5 Å². The molecule has 1 fully saturated rings. The van der Waals surface area contributed by atoms with Gasteiger partial charge >= 0.3 is 0 Å². The Balaban J connectivity index is 1.83. The van der Waals surface area contributed by atoms with Crippen molar-refractivity contribution in [3.05, 3.63) is 23.8 Å². The molecule has 1 unspecified atom stereocenters. The van der Waals surface area contributed by atoms with Crippen LogP contribution >= 0.6 is 0 Å². The maximum absolute atomic E-state index is 5.43. The average molecular weight is 334 g/mol. The topological polar surface area (TPSA) is 58.1 Å². The second kappa shape index (κ2) is 9.37. The van der Waals surface area contributed by atoms with Crippen LogP contribution in [0.25, 0.3) is 0 Å². The normalized spacial score (nSPS) is 18.5. The predicted octanol–water partition coefficient (Wildman–Crippen LogP) is 1.71. The minimum absolute atomic E-state index is 0.651. The lowest BCUT2D eigenvalue weighted by atomic mass is 10.1. The van der Waals surface area contributed by atoms with Crippen molar-refractivity contribution in [2.45, 2.75) is 19.9 Å². The van der Waals surface area contributed by atoms with E-state index < -0.39 is 0 Å². The maximum atomic E-state index is 5.43. The van der Waals surface area contributed by atoms with Gasteiger partial charge in [-0.15, -0.1) is 0 Å². The van der Waals surface area contributed by atoms with Crippen LogP contribution in [0.3, 0.4) is 0 Å². The SMILES string of the molecule is CCN1CCC(CNC(=NC)NCc2ccc(OC)cc2OC)C1. The van der Waals surface area contributed by atoms with E-state index >= 15 is 0 Å². The van der Waals surface area contributed by atoms with E-state index in [4.69, 9.17) is 9.47 Å². The van der Waals surface area contributed by atoms with Crippen LogP contribution in [-0.4, -0.2) is 58.3 Å². The smallest absolute Gasteiger partial charge is 0.191 e. The highest BCUT2D eigenvalue weighted by Crippen LogP contribution is 2.24. The molecule has 6 nitrogen and oxygen atoms in total. The van der Waals surface area contributed by atoms with Gasteiger partial charge in [0, 0.05) is 38.3 Å². The van der Waals surface area contributed by atoms with Gasteiger partial charge in [0.2, 0.25) is 0 Å². The summed E-state index contributed by atoms with van der Waals surface area (Å²) < 4.78 is 10.7. The molecule has 0 saturated carbocycles. The molecule has 1 aliphatic rings. The van der Waals surface area contributed by atoms with Crippen LogP contribution in [0.2, 0.25) is 0 Å². The van der Waals surface area contributed by atoms with E-state index in [1.165, 1.54) is 19.5 Å². The number of benzene rings is 1. The second-order valence-electron chi connectivity index (χ2n) is 6.03. The minimum atomic E-state index is 0.651. The first-order chi connectivity index (χ1) is 11.7. The number of aliphatic imine (C=N–C) groups is 1. The largest absolute Gasteiger partial charge is 0.497 e. The van der Waals surface area contributed by atoms with Gasteiger partial charge in [-0.2, -0.15) is 0 Å². The van der Waals surface area contributed by atoms with Gasteiger partial charge in [-0.05, 0) is 37.6 Å². The quantitative estimate of drug-likeness (QED) is 0.587. The van der Waals surface area contributed by atoms with Gasteiger partial charge in [0.1, 0.15) is 11.5 Å². The van der Waals surface area contributed by atoms with Crippen LogP contribution in [0.15, 0.2) is 23.2 Å². The summed E-state index contributed by atoms with van der Waals surface area (Å²) in [6, 6.07) is 5.84. The molecule has 1 heterocycles. The third-order valence-corrected chi connectivity index (χ3v) is 4.54. The van der Waals surface area contributed by atoms with Crippen molar-refractivity contribution in [3.8, 4) is 11.5 Å². The Kier molecular flexibility index (Phi) is 7.18. The van der Waals surface area contributed by atoms with Gasteiger partial charge in [0.25, 0.3) is 0 Å². The Morgan fingerprint density at radius 3 is 2.75 bits per heavy atom. The standard InChI is InChI=1S/C18H30N4O2/c1-5-22-9-8-14(13-22)11-20-18(19-2)21-12-15-6-7-16(23-3)10-17(15)24-4/h6-7,10,14H,5,8-9,11-13H2,1-4H3,(H2,19,20,21). The molecule has 1 aliphatic heterocycles. The number of methoxy groups -OCH3 is 2. The van der Waals surface area contributed by atoms with Crippen molar-refractivity contribution >= 4 is 5.96 Å². The van der Waals surface area contributed by atoms with Crippen molar-refractivity contribution in [1.82, 2.24) is 15.5 Å². The summed E-state index contributed by atoms with van der Waals surface area (Å²) in [6.07, 6.45) is 1.25. The highest BCUT2D eigenvalue weighted by Gasteiger charge is 2.21. The van der Waals surface area contributed by atoms with E-state index in [-0.39, 0.29) is 0 Å². The van der Waals surface area contributed by atoms with Gasteiger partial charge < -0.3 is 25.0 Å². The van der Waals surface area contributed by atoms with Gasteiger partial charge in [-0.25, -0.2) is 0 Å². The van der Waals surface area contributed by atoms with E-state index in [1.807, 2.05) is 18.2 Å². The molecule has 1 atom stereocenters. The number of rotatable bonds is 7. The lowest BCUT2D eigenvalue weighted by Crippen LogP contribution is -2.40. The molecular formula is C18H30N4O2. The van der Waals surface area contributed by atoms with Crippen molar-refractivity contribution in [1.29, 1.82) is 0 Å². The fraction of sp³-hybridized carbons (Fsp3) is 0.611. The fourth-order valence-corrected chi connectivity index (χ4v) is 3.01. The number of guanidine groups is 1. The zero-order valence-electron chi connectivity index (χ0n) is 15.3. The molecule has 0 radical (unpaired) electrons. The molecule has 0 spiro atoms. The summed E-state index contributed by atoms with van der Waals surface area (Å²) in [5.41, 5.74) is 1.07. The Morgan fingerprint density at radius 1 is 1.29 bits per heavy atom. The van der Waals surface area contributed by atoms with Gasteiger partial charge in [-0.3, -0.25) is 4.99 Å². The first-order valence-corrected chi connectivity index (χ1v) is 8.57. The van der Waals surface area contributed by atoms with Crippen LogP contribution in [0.1, 0.15) is 18.9 Å². The maximum Gasteiger partial charge on any atom is 0.191 e. The summed E-state index contributed by atoms with van der Waals surface area (Å²) in [7, 11) is 5.12. The van der Waals surface area contributed by atoms with E-state index in [0.29, 0.717) is 12.5 Å². The first-order valence-electron chi connectivity index (χ1n) is 8.57. The molecule has 24 heavy (non-hydrogen) atoms. The molecule has 2 N–H and O–H groups in total. The number of nitrogens with one attached hydrogen (secondary N) is 2. The van der Waals surface area contributed by atoms with Crippen LogP contribution in [-0.2, 0) is 6.54 Å². The molecule has 1 aromatic carbocycles. The summed E-state index contributed by atoms with van der Waals surface area (Å²) in [4.78, 5) is 6.80. The number of likely N-dealkylation sites (tertiary alicyclic amines) is 1. The van der Waals surface area contributed by atoms with E-state index in [0.717, 1.165) is 36.1 Å². The minimum Gasteiger partial charge on any atom is -0.497 e. The third kappa shape index (κ3) is 5.03. The third-order valence-electron chi connectivity index (χ3n) is 4.54. The van der Waals surface area contributed by atoms with Crippen LogP contribution < -0.4 is 20.1 Å². The number of hydrogen-bond acceptors (Lipinski definition) is 4. The summed E-state index contributed by atoms with van der Waals surface area (Å²) in [5, 5.41) is 6.78. The van der Waals surface area contributed by atoms with Crippen LogP contribution in [0.4, 0.5) is 0 Å². The molecule has 1 aromatic rings. The molecule has 0 amide bonds. The Bertz CT molecular complexity index is 548. The van der Waals surface area contributed by atoms with E-state index in [2.05, 4.69) is 27.4 Å². The van der Waals surface area contributed by atoms with Crippen molar-refractivity contribution in [2.24, 2.45) is 10.9 Å². The Morgan fingerprint density at radius 2 is 2.12 bits per heavy atom.